The van der Waals surface area contributed by atoms with Crippen molar-refractivity contribution in [2.75, 3.05) is 5.32 Å². The number of aromatic nitrogens is 1. The summed E-state index contributed by atoms with van der Waals surface area (Å²) >= 11 is 5.74. The molecule has 0 unspecified atom stereocenters. The fraction of sp³-hybridized carbons (Fsp3) is 0. The molecule has 0 saturated heterocycles. The van der Waals surface area contributed by atoms with Gasteiger partial charge in [0.25, 0.3) is 11.6 Å². The normalized spacial score (nSPS) is 10.5. The highest BCUT2D eigenvalue weighted by Gasteiger charge is 2.21. The number of para-hydroxylation sites is 1. The lowest BCUT2D eigenvalue weighted by atomic mass is 10.1. The summed E-state index contributed by atoms with van der Waals surface area (Å²) in [7, 11) is 0. The number of carbonyl (C=O) groups is 1. The molecule has 3 aromatic rings. The standard InChI is InChI=1S/C16H10ClN3O3/c17-11-6-7-12(14(9-11)20(22)23)16(21)19-15-8-5-10-3-1-2-4-13(10)18-15/h1-9H,(H,18,19,21). The first kappa shape index (κ1) is 14.9. The maximum Gasteiger partial charge on any atom is 0.283 e. The van der Waals surface area contributed by atoms with Gasteiger partial charge in [-0.15, -0.1) is 0 Å². The second-order valence-electron chi connectivity index (χ2n) is 4.76. The van der Waals surface area contributed by atoms with E-state index in [2.05, 4.69) is 10.3 Å². The number of nitrogens with one attached hydrogen (secondary N) is 1. The van der Waals surface area contributed by atoms with Gasteiger partial charge < -0.3 is 5.32 Å². The van der Waals surface area contributed by atoms with Crippen molar-refractivity contribution in [2.45, 2.75) is 0 Å². The van der Waals surface area contributed by atoms with Gasteiger partial charge in [-0.2, -0.15) is 0 Å². The van der Waals surface area contributed by atoms with Crippen molar-refractivity contribution in [3.05, 3.63) is 75.3 Å². The minimum absolute atomic E-state index is 0.0747. The number of anilines is 1. The van der Waals surface area contributed by atoms with E-state index in [0.29, 0.717) is 5.82 Å². The van der Waals surface area contributed by atoms with Crippen LogP contribution < -0.4 is 5.32 Å². The predicted molar refractivity (Wildman–Crippen MR) is 87.8 cm³/mol. The van der Waals surface area contributed by atoms with Crippen LogP contribution in [0.25, 0.3) is 10.9 Å². The average Bonchev–Trinajstić information content (AvgIpc) is 2.54. The van der Waals surface area contributed by atoms with Gasteiger partial charge in [0.1, 0.15) is 11.4 Å². The SMILES string of the molecule is O=C(Nc1ccc2ccccc2n1)c1ccc(Cl)cc1[N+](=O)[O-]. The van der Waals surface area contributed by atoms with Gasteiger partial charge in [0.2, 0.25) is 0 Å². The summed E-state index contributed by atoms with van der Waals surface area (Å²) in [6.07, 6.45) is 0. The molecule has 0 atom stereocenters. The van der Waals surface area contributed by atoms with Gasteiger partial charge >= 0.3 is 0 Å². The number of hydrogen-bond donors (Lipinski definition) is 1. The van der Waals surface area contributed by atoms with Crippen LogP contribution in [0.15, 0.2) is 54.6 Å². The third-order valence-electron chi connectivity index (χ3n) is 3.24. The number of carbonyl (C=O) groups excluding carboxylic acids is 1. The molecule has 1 aromatic heterocycles. The van der Waals surface area contributed by atoms with E-state index in [1.807, 2.05) is 30.3 Å². The summed E-state index contributed by atoms with van der Waals surface area (Å²) in [5.41, 5.74) is 0.293. The lowest BCUT2D eigenvalue weighted by molar-refractivity contribution is -0.385. The summed E-state index contributed by atoms with van der Waals surface area (Å²) in [6, 6.07) is 14.8. The van der Waals surface area contributed by atoms with Gasteiger partial charge in [-0.1, -0.05) is 29.8 Å². The van der Waals surface area contributed by atoms with Gasteiger partial charge in [-0.25, -0.2) is 4.98 Å². The van der Waals surface area contributed by atoms with E-state index in [9.17, 15) is 14.9 Å². The molecule has 3 rings (SSSR count). The Kier molecular flexibility index (Phi) is 3.91. The van der Waals surface area contributed by atoms with E-state index in [4.69, 9.17) is 11.6 Å². The molecule has 0 radical (unpaired) electrons. The summed E-state index contributed by atoms with van der Waals surface area (Å²) in [4.78, 5) is 27.0. The number of nitrogens with zero attached hydrogens (tertiary/aromatic N) is 2. The molecule has 0 saturated carbocycles. The molecule has 0 aliphatic heterocycles. The predicted octanol–water partition coefficient (Wildman–Crippen LogP) is 4.05. The van der Waals surface area contributed by atoms with Crippen LogP contribution in [-0.4, -0.2) is 15.8 Å². The van der Waals surface area contributed by atoms with E-state index < -0.39 is 10.8 Å². The Morgan fingerprint density at radius 3 is 2.70 bits per heavy atom. The highest BCUT2D eigenvalue weighted by atomic mass is 35.5. The average molecular weight is 328 g/mol. The van der Waals surface area contributed by atoms with Crippen molar-refractivity contribution in [2.24, 2.45) is 0 Å². The van der Waals surface area contributed by atoms with Gasteiger partial charge in [0, 0.05) is 16.5 Å². The quantitative estimate of drug-likeness (QED) is 0.581. The first-order chi connectivity index (χ1) is 11.0. The Morgan fingerprint density at radius 1 is 1.13 bits per heavy atom. The molecular formula is C16H10ClN3O3. The van der Waals surface area contributed by atoms with Crippen LogP contribution in [0.4, 0.5) is 11.5 Å². The van der Waals surface area contributed by atoms with Crippen LogP contribution in [0.1, 0.15) is 10.4 Å². The van der Waals surface area contributed by atoms with Gasteiger partial charge in [0.05, 0.1) is 10.4 Å². The highest BCUT2D eigenvalue weighted by Crippen LogP contribution is 2.24. The lowest BCUT2D eigenvalue weighted by Gasteiger charge is -2.06. The number of nitro benzene ring substituents is 1. The Bertz CT molecular complexity index is 927. The summed E-state index contributed by atoms with van der Waals surface area (Å²) in [6.45, 7) is 0. The minimum atomic E-state index is -0.644. The molecule has 2 aromatic carbocycles. The van der Waals surface area contributed by atoms with Crippen LogP contribution in [-0.2, 0) is 0 Å². The maximum atomic E-state index is 12.3. The highest BCUT2D eigenvalue weighted by molar-refractivity contribution is 6.31. The minimum Gasteiger partial charge on any atom is -0.306 e. The van der Waals surface area contributed by atoms with Crippen LogP contribution in [0.3, 0.4) is 0 Å². The zero-order chi connectivity index (χ0) is 16.4. The molecule has 6 nitrogen and oxygen atoms in total. The van der Waals surface area contributed by atoms with E-state index in [0.717, 1.165) is 17.0 Å². The van der Waals surface area contributed by atoms with Crippen LogP contribution >= 0.6 is 11.6 Å². The Hall–Kier alpha value is -2.99. The van der Waals surface area contributed by atoms with Crippen molar-refractivity contribution in [3.8, 4) is 0 Å². The largest absolute Gasteiger partial charge is 0.306 e. The van der Waals surface area contributed by atoms with Gasteiger partial charge in [0.15, 0.2) is 0 Å². The Morgan fingerprint density at radius 2 is 1.91 bits per heavy atom. The van der Waals surface area contributed by atoms with Crippen molar-refractivity contribution >= 4 is 39.9 Å². The smallest absolute Gasteiger partial charge is 0.283 e. The molecule has 1 N–H and O–H groups in total. The molecular weight excluding hydrogens is 318 g/mol. The summed E-state index contributed by atoms with van der Waals surface area (Å²) in [5, 5.41) is 14.7. The van der Waals surface area contributed by atoms with Crippen molar-refractivity contribution in [1.29, 1.82) is 0 Å². The molecule has 7 heteroatoms. The fourth-order valence-electron chi connectivity index (χ4n) is 2.17. The van der Waals surface area contributed by atoms with Gasteiger partial charge in [-0.3, -0.25) is 14.9 Å². The molecule has 1 amide bonds. The number of pyridine rings is 1. The summed E-state index contributed by atoms with van der Waals surface area (Å²) in [5.74, 6) is -0.297. The zero-order valence-electron chi connectivity index (χ0n) is 11.7. The molecule has 1 heterocycles. The number of benzene rings is 2. The van der Waals surface area contributed by atoms with Gasteiger partial charge in [-0.05, 0) is 30.3 Å². The van der Waals surface area contributed by atoms with E-state index in [-0.39, 0.29) is 16.3 Å². The first-order valence-corrected chi connectivity index (χ1v) is 7.03. The van der Waals surface area contributed by atoms with Crippen molar-refractivity contribution < 1.29 is 9.72 Å². The van der Waals surface area contributed by atoms with Crippen LogP contribution in [0, 0.1) is 10.1 Å². The molecule has 23 heavy (non-hydrogen) atoms. The zero-order valence-corrected chi connectivity index (χ0v) is 12.4. The Balaban J connectivity index is 1.93. The van der Waals surface area contributed by atoms with Crippen LogP contribution in [0.2, 0.25) is 5.02 Å². The Labute approximate surface area is 135 Å². The number of hydrogen-bond acceptors (Lipinski definition) is 4. The first-order valence-electron chi connectivity index (χ1n) is 6.66. The van der Waals surface area contributed by atoms with E-state index in [1.165, 1.54) is 12.1 Å². The molecule has 0 bridgehead atoms. The maximum absolute atomic E-state index is 12.3. The topological polar surface area (TPSA) is 85.1 Å². The second-order valence-corrected chi connectivity index (χ2v) is 5.20. The van der Waals surface area contributed by atoms with Crippen molar-refractivity contribution in [1.82, 2.24) is 4.98 Å². The molecule has 0 aliphatic carbocycles. The third-order valence-corrected chi connectivity index (χ3v) is 3.48. The molecule has 0 aliphatic rings. The van der Waals surface area contributed by atoms with Crippen molar-refractivity contribution in [3.63, 3.8) is 0 Å². The van der Waals surface area contributed by atoms with Crippen LogP contribution in [0.5, 0.6) is 0 Å². The lowest BCUT2D eigenvalue weighted by Crippen LogP contribution is -2.14. The molecule has 114 valence electrons. The number of nitro groups is 1. The number of amides is 1. The number of rotatable bonds is 3. The van der Waals surface area contributed by atoms with E-state index in [1.54, 1.807) is 6.07 Å². The fourth-order valence-corrected chi connectivity index (χ4v) is 2.33. The monoisotopic (exact) mass is 327 g/mol. The number of fused-ring (bicyclic) bond motifs is 1. The molecule has 0 spiro atoms. The number of halogens is 1. The summed E-state index contributed by atoms with van der Waals surface area (Å²) < 4.78 is 0. The molecule has 0 fully saturated rings. The second kappa shape index (κ2) is 6.02. The third kappa shape index (κ3) is 3.12. The van der Waals surface area contributed by atoms with E-state index >= 15 is 0 Å².